The Bertz CT molecular complexity index is 735. The molecule has 162 valence electrons. The highest BCUT2D eigenvalue weighted by Crippen LogP contribution is 2.33. The van der Waals surface area contributed by atoms with Crippen LogP contribution in [0, 0.1) is 13.8 Å². The summed E-state index contributed by atoms with van der Waals surface area (Å²) in [5.41, 5.74) is -0.0604. The van der Waals surface area contributed by atoms with Gasteiger partial charge in [0.05, 0.1) is 0 Å². The lowest BCUT2D eigenvalue weighted by atomic mass is 9.99. The van der Waals surface area contributed by atoms with Gasteiger partial charge in [0.1, 0.15) is 22.5 Å². The van der Waals surface area contributed by atoms with Gasteiger partial charge in [0.2, 0.25) is 5.91 Å². The summed E-state index contributed by atoms with van der Waals surface area (Å²) in [5, 5.41) is 4.10. The van der Waals surface area contributed by atoms with E-state index in [0.717, 1.165) is 23.0 Å². The molecule has 2 atom stereocenters. The summed E-state index contributed by atoms with van der Waals surface area (Å²) in [6, 6.07) is 1.39. The topological polar surface area (TPSA) is 84.4 Å². The van der Waals surface area contributed by atoms with Crippen molar-refractivity contribution in [3.8, 4) is 0 Å². The number of piperidine rings is 1. The number of amides is 2. The third kappa shape index (κ3) is 7.49. The van der Waals surface area contributed by atoms with Crippen LogP contribution in [0.1, 0.15) is 65.9 Å². The highest BCUT2D eigenvalue weighted by Gasteiger charge is 2.39. The Hall–Kier alpha value is -1.83. The van der Waals surface area contributed by atoms with Gasteiger partial charge in [-0.05, 0) is 74.3 Å². The highest BCUT2D eigenvalue weighted by molar-refractivity contribution is 7.99. The van der Waals surface area contributed by atoms with Crippen LogP contribution in [-0.4, -0.2) is 55.8 Å². The van der Waals surface area contributed by atoms with Gasteiger partial charge in [0.25, 0.3) is 0 Å². The average Bonchev–Trinajstić information content (AvgIpc) is 2.50. The molecule has 7 nitrogen and oxygen atoms in total. The molecular formula is C21H34N4O3S. The predicted octanol–water partition coefficient (Wildman–Crippen LogP) is 3.87. The van der Waals surface area contributed by atoms with Gasteiger partial charge in [-0.2, -0.15) is 0 Å². The minimum Gasteiger partial charge on any atom is -0.444 e. The molecule has 0 unspecified atom stereocenters. The zero-order valence-corrected chi connectivity index (χ0v) is 19.6. The maximum Gasteiger partial charge on any atom is 0.410 e. The van der Waals surface area contributed by atoms with Crippen molar-refractivity contribution in [1.82, 2.24) is 20.2 Å². The minimum atomic E-state index is -0.607. The maximum atomic E-state index is 13.0. The molecule has 2 heterocycles. The molecule has 1 N–H and O–H groups in total. The molecule has 1 fully saturated rings. The Balaban J connectivity index is 2.19. The van der Waals surface area contributed by atoms with Gasteiger partial charge in [-0.3, -0.25) is 9.69 Å². The van der Waals surface area contributed by atoms with Gasteiger partial charge in [-0.1, -0.05) is 0 Å². The fraction of sp³-hybridized carbons (Fsp3) is 0.714. The molecule has 0 spiro atoms. The van der Waals surface area contributed by atoms with Crippen molar-refractivity contribution in [2.24, 2.45) is 0 Å². The van der Waals surface area contributed by atoms with E-state index in [0.29, 0.717) is 13.0 Å². The zero-order valence-electron chi connectivity index (χ0n) is 18.8. The number of carbonyl (C=O) groups excluding carboxylic acids is 2. The number of likely N-dealkylation sites (tertiary alicyclic amines) is 1. The van der Waals surface area contributed by atoms with E-state index in [1.165, 1.54) is 0 Å². The maximum absolute atomic E-state index is 13.0. The number of carbonyl (C=O) groups is 2. The van der Waals surface area contributed by atoms with E-state index >= 15 is 0 Å². The molecule has 2 amide bonds. The first-order chi connectivity index (χ1) is 13.2. The molecule has 0 aromatic carbocycles. The van der Waals surface area contributed by atoms with Crippen LogP contribution >= 0.6 is 11.8 Å². The summed E-state index contributed by atoms with van der Waals surface area (Å²) >= 11 is 1.65. The summed E-state index contributed by atoms with van der Waals surface area (Å²) < 4.78 is 5.55. The SMILES string of the molecule is Cc1cc(S[C@@H]2CCN(C(=O)OC(C)(C)C)[C@H](C(=O)NC(C)(C)C)C2)nc(C)n1. The van der Waals surface area contributed by atoms with Crippen molar-refractivity contribution in [3.05, 3.63) is 17.6 Å². The van der Waals surface area contributed by atoms with Crippen molar-refractivity contribution < 1.29 is 14.3 Å². The largest absolute Gasteiger partial charge is 0.444 e. The highest BCUT2D eigenvalue weighted by atomic mass is 32.2. The Labute approximate surface area is 178 Å². The van der Waals surface area contributed by atoms with Gasteiger partial charge < -0.3 is 10.1 Å². The van der Waals surface area contributed by atoms with Gasteiger partial charge in [0, 0.05) is 23.0 Å². The molecule has 1 aromatic rings. The van der Waals surface area contributed by atoms with E-state index < -0.39 is 17.7 Å². The molecule has 1 aliphatic heterocycles. The first-order valence-electron chi connectivity index (χ1n) is 10.0. The molecule has 29 heavy (non-hydrogen) atoms. The van der Waals surface area contributed by atoms with Crippen molar-refractivity contribution >= 4 is 23.8 Å². The van der Waals surface area contributed by atoms with Crippen LogP contribution in [-0.2, 0) is 9.53 Å². The van der Waals surface area contributed by atoms with Crippen LogP contribution in [0.5, 0.6) is 0 Å². The van der Waals surface area contributed by atoms with Gasteiger partial charge in [-0.15, -0.1) is 11.8 Å². The van der Waals surface area contributed by atoms with Crippen LogP contribution in [0.15, 0.2) is 11.1 Å². The second-order valence-corrected chi connectivity index (χ2v) is 10.9. The number of hydrogen-bond donors (Lipinski definition) is 1. The lowest BCUT2D eigenvalue weighted by Gasteiger charge is -2.39. The van der Waals surface area contributed by atoms with Crippen LogP contribution < -0.4 is 5.32 Å². The summed E-state index contributed by atoms with van der Waals surface area (Å²) in [4.78, 5) is 36.1. The quantitative estimate of drug-likeness (QED) is 0.745. The van der Waals surface area contributed by atoms with E-state index in [1.54, 1.807) is 16.7 Å². The van der Waals surface area contributed by atoms with Gasteiger partial charge >= 0.3 is 6.09 Å². The fourth-order valence-electron chi connectivity index (χ4n) is 3.19. The molecular weight excluding hydrogens is 388 g/mol. The Morgan fingerprint density at radius 1 is 1.17 bits per heavy atom. The van der Waals surface area contributed by atoms with Crippen LogP contribution in [0.3, 0.4) is 0 Å². The Morgan fingerprint density at radius 3 is 2.38 bits per heavy atom. The van der Waals surface area contributed by atoms with Gasteiger partial charge in [0.15, 0.2) is 0 Å². The number of aryl methyl sites for hydroxylation is 2. The van der Waals surface area contributed by atoms with Crippen molar-refractivity contribution in [2.45, 2.75) is 95.7 Å². The number of nitrogens with zero attached hydrogens (tertiary/aromatic N) is 3. The molecule has 0 saturated carbocycles. The molecule has 1 aliphatic rings. The summed E-state index contributed by atoms with van der Waals surface area (Å²) in [7, 11) is 0. The number of aromatic nitrogens is 2. The minimum absolute atomic E-state index is 0.149. The molecule has 2 rings (SSSR count). The van der Waals surface area contributed by atoms with E-state index in [1.807, 2.05) is 61.5 Å². The molecule has 0 radical (unpaired) electrons. The Kier molecular flexibility index (Phi) is 7.19. The molecule has 1 aromatic heterocycles. The van der Waals surface area contributed by atoms with Crippen molar-refractivity contribution in [2.75, 3.05) is 6.54 Å². The number of hydrogen-bond acceptors (Lipinski definition) is 6. The smallest absolute Gasteiger partial charge is 0.410 e. The lowest BCUT2D eigenvalue weighted by molar-refractivity contribution is -0.129. The van der Waals surface area contributed by atoms with Crippen molar-refractivity contribution in [1.29, 1.82) is 0 Å². The first-order valence-corrected chi connectivity index (χ1v) is 10.9. The zero-order chi connectivity index (χ0) is 22.0. The van der Waals surface area contributed by atoms with Crippen molar-refractivity contribution in [3.63, 3.8) is 0 Å². The van der Waals surface area contributed by atoms with E-state index in [4.69, 9.17) is 4.74 Å². The normalized spacial score (nSPS) is 20.3. The number of rotatable bonds is 3. The second kappa shape index (κ2) is 8.90. The third-order valence-corrected chi connectivity index (χ3v) is 5.43. The van der Waals surface area contributed by atoms with E-state index in [2.05, 4.69) is 15.3 Å². The van der Waals surface area contributed by atoms with Gasteiger partial charge in [-0.25, -0.2) is 14.8 Å². The third-order valence-electron chi connectivity index (χ3n) is 4.21. The average molecular weight is 423 g/mol. The number of ether oxygens (including phenoxy) is 1. The van der Waals surface area contributed by atoms with Crippen LogP contribution in [0.25, 0.3) is 0 Å². The molecule has 0 bridgehead atoms. The summed E-state index contributed by atoms with van der Waals surface area (Å²) in [5.74, 6) is 0.587. The lowest BCUT2D eigenvalue weighted by Crippen LogP contribution is -2.57. The van der Waals surface area contributed by atoms with E-state index in [9.17, 15) is 9.59 Å². The van der Waals surface area contributed by atoms with Crippen LogP contribution in [0.2, 0.25) is 0 Å². The predicted molar refractivity (Wildman–Crippen MR) is 115 cm³/mol. The summed E-state index contributed by atoms with van der Waals surface area (Å²) in [6.45, 7) is 15.6. The summed E-state index contributed by atoms with van der Waals surface area (Å²) in [6.07, 6.45) is 0.878. The monoisotopic (exact) mass is 422 g/mol. The second-order valence-electron chi connectivity index (χ2n) is 9.59. The fourth-order valence-corrected chi connectivity index (χ4v) is 4.46. The standard InChI is InChI=1S/C21H34N4O3S/c1-13-11-17(23-14(2)22-13)29-15-9-10-25(19(27)28-21(6,7)8)16(12-15)18(26)24-20(3,4)5/h11,15-16H,9-10,12H2,1-8H3,(H,24,26)/t15-,16+/m1/s1. The number of nitrogens with one attached hydrogen (secondary N) is 1. The molecule has 1 saturated heterocycles. The van der Waals surface area contributed by atoms with Crippen LogP contribution in [0.4, 0.5) is 4.79 Å². The molecule has 8 heteroatoms. The van der Waals surface area contributed by atoms with E-state index in [-0.39, 0.29) is 16.7 Å². The molecule has 0 aliphatic carbocycles. The Morgan fingerprint density at radius 2 is 1.83 bits per heavy atom. The first kappa shape index (κ1) is 23.4. The number of thioether (sulfide) groups is 1.